The number of nitrogens with two attached hydrogens (primary N) is 1. The van der Waals surface area contributed by atoms with Crippen molar-refractivity contribution in [2.75, 3.05) is 13.1 Å². The van der Waals surface area contributed by atoms with Crippen LogP contribution in [0, 0.1) is 0 Å². The number of fused-ring (bicyclic) bond motifs is 1. The second-order valence-corrected chi connectivity index (χ2v) is 7.51. The van der Waals surface area contributed by atoms with E-state index in [1.165, 1.54) is 0 Å². The van der Waals surface area contributed by atoms with Crippen molar-refractivity contribution in [3.8, 4) is 11.3 Å². The van der Waals surface area contributed by atoms with Gasteiger partial charge in [-0.2, -0.15) is 0 Å². The number of carbonyl (C=O) groups is 2. The average Bonchev–Trinajstić information content (AvgIpc) is 3.47. The third kappa shape index (κ3) is 5.04. The second kappa shape index (κ2) is 9.93. The molecule has 0 saturated carbocycles. The van der Waals surface area contributed by atoms with Crippen molar-refractivity contribution in [2.45, 2.75) is 18.9 Å². The van der Waals surface area contributed by atoms with Crippen LogP contribution in [0.3, 0.4) is 0 Å². The van der Waals surface area contributed by atoms with Gasteiger partial charge in [0.05, 0.1) is 6.04 Å². The number of nitrogens with zero attached hydrogens (tertiary/aromatic N) is 1. The minimum absolute atomic E-state index is 0.216. The summed E-state index contributed by atoms with van der Waals surface area (Å²) in [5, 5.41) is 10.5. The molecule has 0 saturated heterocycles. The first kappa shape index (κ1) is 21.3. The first-order valence-corrected chi connectivity index (χ1v) is 10.5. The fourth-order valence-electron chi connectivity index (χ4n) is 3.47. The molecule has 8 nitrogen and oxygen atoms in total. The number of rotatable bonds is 9. The Hall–Kier alpha value is -3.91. The van der Waals surface area contributed by atoms with Gasteiger partial charge in [0.15, 0.2) is 11.5 Å². The van der Waals surface area contributed by atoms with Gasteiger partial charge < -0.3 is 25.9 Å². The lowest BCUT2D eigenvalue weighted by Gasteiger charge is -2.12. The van der Waals surface area contributed by atoms with Gasteiger partial charge in [0.2, 0.25) is 5.91 Å². The van der Waals surface area contributed by atoms with Crippen LogP contribution in [0.25, 0.3) is 22.2 Å². The van der Waals surface area contributed by atoms with Gasteiger partial charge in [-0.3, -0.25) is 9.59 Å². The van der Waals surface area contributed by atoms with E-state index in [0.29, 0.717) is 31.7 Å². The summed E-state index contributed by atoms with van der Waals surface area (Å²) in [4.78, 5) is 27.7. The molecule has 4 aromatic rings. The molecule has 0 fully saturated rings. The molecular formula is C24H25N5O3. The van der Waals surface area contributed by atoms with Crippen molar-refractivity contribution in [3.05, 3.63) is 78.1 Å². The van der Waals surface area contributed by atoms with Crippen LogP contribution in [-0.4, -0.2) is 41.1 Å². The summed E-state index contributed by atoms with van der Waals surface area (Å²) in [5.74, 6) is -0.00360. The van der Waals surface area contributed by atoms with Crippen molar-refractivity contribution in [3.63, 3.8) is 0 Å². The Labute approximate surface area is 185 Å². The smallest absolute Gasteiger partial charge is 0.273 e. The molecule has 32 heavy (non-hydrogen) atoms. The maximum atomic E-state index is 12.3. The monoisotopic (exact) mass is 431 g/mol. The Morgan fingerprint density at radius 3 is 2.62 bits per heavy atom. The lowest BCUT2D eigenvalue weighted by Crippen LogP contribution is -2.42. The molecule has 1 atom stereocenters. The number of amides is 2. The summed E-state index contributed by atoms with van der Waals surface area (Å²) < 4.78 is 5.24. The van der Waals surface area contributed by atoms with Gasteiger partial charge in [-0.15, -0.1) is 0 Å². The van der Waals surface area contributed by atoms with Gasteiger partial charge in [-0.05, 0) is 24.5 Å². The predicted molar refractivity (Wildman–Crippen MR) is 122 cm³/mol. The zero-order chi connectivity index (χ0) is 22.3. The van der Waals surface area contributed by atoms with Crippen LogP contribution in [0.15, 0.2) is 71.4 Å². The second-order valence-electron chi connectivity index (χ2n) is 7.51. The van der Waals surface area contributed by atoms with Crippen LogP contribution in [0.4, 0.5) is 0 Å². The maximum absolute atomic E-state index is 12.3. The molecule has 8 heteroatoms. The van der Waals surface area contributed by atoms with Crippen LogP contribution >= 0.6 is 0 Å². The average molecular weight is 431 g/mol. The van der Waals surface area contributed by atoms with E-state index in [-0.39, 0.29) is 17.5 Å². The van der Waals surface area contributed by atoms with E-state index in [2.05, 4.69) is 20.8 Å². The number of carbonyl (C=O) groups excluding carboxylic acids is 2. The largest absolute Gasteiger partial charge is 0.361 e. The summed E-state index contributed by atoms with van der Waals surface area (Å²) in [5.41, 5.74) is 9.18. The highest BCUT2D eigenvalue weighted by Gasteiger charge is 2.16. The summed E-state index contributed by atoms with van der Waals surface area (Å²) in [6.07, 6.45) is 2.91. The van der Waals surface area contributed by atoms with Crippen molar-refractivity contribution < 1.29 is 14.1 Å². The lowest BCUT2D eigenvalue weighted by atomic mass is 10.1. The number of aromatic amines is 1. The highest BCUT2D eigenvalue weighted by molar-refractivity contribution is 5.93. The molecular weight excluding hydrogens is 406 g/mol. The third-order valence-corrected chi connectivity index (χ3v) is 5.19. The van der Waals surface area contributed by atoms with Crippen LogP contribution in [0.2, 0.25) is 0 Å². The Morgan fingerprint density at radius 1 is 1.03 bits per heavy atom. The SMILES string of the molecule is NC(Cc1c[nH]c2ccccc12)C(=O)NCCCNC(=O)c1cc(-c2ccccc2)on1. The molecule has 4 rings (SSSR count). The Morgan fingerprint density at radius 2 is 1.78 bits per heavy atom. The van der Waals surface area contributed by atoms with E-state index in [9.17, 15) is 9.59 Å². The first-order chi connectivity index (χ1) is 15.6. The van der Waals surface area contributed by atoms with Crippen molar-refractivity contribution >= 4 is 22.7 Å². The zero-order valence-corrected chi connectivity index (χ0v) is 17.5. The number of nitrogens with one attached hydrogen (secondary N) is 3. The van der Waals surface area contributed by atoms with Gasteiger partial charge in [0.25, 0.3) is 5.91 Å². The fraction of sp³-hybridized carbons (Fsp3) is 0.208. The van der Waals surface area contributed by atoms with Gasteiger partial charge in [0, 0.05) is 41.8 Å². The van der Waals surface area contributed by atoms with E-state index in [1.54, 1.807) is 6.07 Å². The molecule has 0 radical (unpaired) electrons. The molecule has 2 aromatic heterocycles. The van der Waals surface area contributed by atoms with Crippen LogP contribution in [0.1, 0.15) is 22.5 Å². The van der Waals surface area contributed by atoms with E-state index in [1.807, 2.05) is 60.8 Å². The molecule has 0 aliphatic rings. The number of para-hydroxylation sites is 1. The van der Waals surface area contributed by atoms with Crippen molar-refractivity contribution in [1.29, 1.82) is 0 Å². The summed E-state index contributed by atoms with van der Waals surface area (Å²) >= 11 is 0. The highest BCUT2D eigenvalue weighted by atomic mass is 16.5. The Balaban J connectivity index is 1.18. The van der Waals surface area contributed by atoms with E-state index in [4.69, 9.17) is 10.3 Å². The van der Waals surface area contributed by atoms with Crippen LogP contribution in [0.5, 0.6) is 0 Å². The van der Waals surface area contributed by atoms with E-state index < -0.39 is 6.04 Å². The molecule has 2 amide bonds. The predicted octanol–water partition coefficient (Wildman–Crippen LogP) is 2.63. The molecule has 5 N–H and O–H groups in total. The minimum Gasteiger partial charge on any atom is -0.361 e. The van der Waals surface area contributed by atoms with E-state index >= 15 is 0 Å². The molecule has 1 unspecified atom stereocenters. The zero-order valence-electron chi connectivity index (χ0n) is 17.5. The fourth-order valence-corrected chi connectivity index (χ4v) is 3.47. The number of benzene rings is 2. The Bertz CT molecular complexity index is 1200. The maximum Gasteiger partial charge on any atom is 0.273 e. The number of hydrogen-bond acceptors (Lipinski definition) is 5. The third-order valence-electron chi connectivity index (χ3n) is 5.19. The summed E-state index contributed by atoms with van der Waals surface area (Å²) in [6.45, 7) is 0.805. The van der Waals surface area contributed by atoms with Crippen LogP contribution < -0.4 is 16.4 Å². The molecule has 0 aliphatic heterocycles. The molecule has 2 heterocycles. The first-order valence-electron chi connectivity index (χ1n) is 10.5. The standard InChI is InChI=1S/C24H25N5O3/c25-19(13-17-15-28-20-10-5-4-9-18(17)20)23(30)26-11-6-12-27-24(31)21-14-22(32-29-21)16-7-2-1-3-8-16/h1-5,7-10,14-15,19,28H,6,11-13,25H2,(H,26,30)(H,27,31). The van der Waals surface area contributed by atoms with Gasteiger partial charge >= 0.3 is 0 Å². The molecule has 0 spiro atoms. The molecule has 164 valence electrons. The summed E-state index contributed by atoms with van der Waals surface area (Å²) in [6, 6.07) is 18.3. The quantitative estimate of drug-likeness (QED) is 0.303. The normalized spacial score (nSPS) is 11.9. The van der Waals surface area contributed by atoms with Crippen molar-refractivity contribution in [2.24, 2.45) is 5.73 Å². The van der Waals surface area contributed by atoms with Gasteiger partial charge in [-0.25, -0.2) is 0 Å². The number of H-pyrrole nitrogens is 1. The number of aromatic nitrogens is 2. The molecule has 0 aliphatic carbocycles. The van der Waals surface area contributed by atoms with E-state index in [0.717, 1.165) is 22.0 Å². The van der Waals surface area contributed by atoms with Crippen molar-refractivity contribution in [1.82, 2.24) is 20.8 Å². The Kier molecular flexibility index (Phi) is 6.62. The lowest BCUT2D eigenvalue weighted by molar-refractivity contribution is -0.122. The van der Waals surface area contributed by atoms with Crippen LogP contribution in [-0.2, 0) is 11.2 Å². The molecule has 2 aromatic carbocycles. The molecule has 0 bridgehead atoms. The summed E-state index contributed by atoms with van der Waals surface area (Å²) in [7, 11) is 0. The van der Waals surface area contributed by atoms with Gasteiger partial charge in [0.1, 0.15) is 0 Å². The topological polar surface area (TPSA) is 126 Å². The highest BCUT2D eigenvalue weighted by Crippen LogP contribution is 2.20. The number of hydrogen-bond donors (Lipinski definition) is 4. The van der Waals surface area contributed by atoms with Gasteiger partial charge in [-0.1, -0.05) is 53.7 Å². The minimum atomic E-state index is -0.643.